The summed E-state index contributed by atoms with van der Waals surface area (Å²) >= 11 is 0. The Bertz CT molecular complexity index is 1420. The number of nitrogens with two attached hydrogens (primary N) is 1. The summed E-state index contributed by atoms with van der Waals surface area (Å²) in [6.45, 7) is 5.89. The number of nitrogens with zero attached hydrogens (tertiary/aromatic N) is 6. The van der Waals surface area contributed by atoms with Gasteiger partial charge >= 0.3 is 0 Å². The number of aromatic hydroxyl groups is 1. The maximum Gasteiger partial charge on any atom is 0.169 e. The molecule has 3 aromatic rings. The minimum atomic E-state index is 0.184. The van der Waals surface area contributed by atoms with E-state index in [0.717, 1.165) is 69.4 Å². The molecule has 4 fully saturated rings. The summed E-state index contributed by atoms with van der Waals surface area (Å²) in [6, 6.07) is 14.8. The number of hydrogen-bond acceptors (Lipinski definition) is 9. The van der Waals surface area contributed by atoms with E-state index in [-0.39, 0.29) is 5.75 Å². The second-order valence-electron chi connectivity index (χ2n) is 11.2. The first-order valence-electron chi connectivity index (χ1n) is 14.0. The second kappa shape index (κ2) is 10.0. The van der Waals surface area contributed by atoms with Crippen LogP contribution in [0.15, 0.2) is 48.7 Å². The zero-order valence-corrected chi connectivity index (χ0v) is 22.0. The number of fused-ring (bicyclic) bond motifs is 3. The predicted molar refractivity (Wildman–Crippen MR) is 152 cm³/mol. The molecule has 200 valence electrons. The minimum Gasteiger partial charge on any atom is -0.507 e. The highest BCUT2D eigenvalue weighted by Gasteiger charge is 2.41. The van der Waals surface area contributed by atoms with Gasteiger partial charge in [0.15, 0.2) is 5.82 Å². The van der Waals surface area contributed by atoms with Crippen molar-refractivity contribution < 1.29 is 5.11 Å². The summed E-state index contributed by atoms with van der Waals surface area (Å²) in [7, 11) is 0. The average Bonchev–Trinajstić information content (AvgIpc) is 3.64. The van der Waals surface area contributed by atoms with Gasteiger partial charge in [0.25, 0.3) is 0 Å². The first-order chi connectivity index (χ1) is 19.1. The van der Waals surface area contributed by atoms with Crippen LogP contribution in [0.2, 0.25) is 0 Å². The Kier molecular flexibility index (Phi) is 6.22. The number of nitrogens with one attached hydrogen (secondary N) is 1. The van der Waals surface area contributed by atoms with E-state index in [1.165, 1.54) is 12.1 Å². The highest BCUT2D eigenvalue weighted by molar-refractivity contribution is 5.74. The van der Waals surface area contributed by atoms with Crippen molar-refractivity contribution in [3.8, 4) is 28.8 Å². The number of rotatable bonds is 4. The molecule has 1 aromatic carbocycles. The van der Waals surface area contributed by atoms with Crippen LogP contribution in [-0.2, 0) is 0 Å². The molecule has 4 aliphatic rings. The zero-order valence-electron chi connectivity index (χ0n) is 22.0. The van der Waals surface area contributed by atoms with Gasteiger partial charge in [-0.2, -0.15) is 0 Å². The molecule has 2 aromatic heterocycles. The van der Waals surface area contributed by atoms with E-state index in [0.29, 0.717) is 35.2 Å². The van der Waals surface area contributed by atoms with E-state index in [2.05, 4.69) is 59.2 Å². The average molecular weight is 523 g/mol. The first kappa shape index (κ1) is 24.2. The van der Waals surface area contributed by atoms with Gasteiger partial charge in [0, 0.05) is 55.2 Å². The summed E-state index contributed by atoms with van der Waals surface area (Å²) in [5.41, 5.74) is 10.5. The predicted octanol–water partition coefficient (Wildman–Crippen LogP) is 2.33. The Morgan fingerprint density at radius 1 is 1.03 bits per heavy atom. The number of phenolic OH excluding ortho intramolecular Hbond substituents is 1. The Balaban J connectivity index is 1.07. The molecular formula is C30H34N8O. The van der Waals surface area contributed by atoms with Crippen LogP contribution in [-0.4, -0.2) is 82.6 Å². The zero-order chi connectivity index (χ0) is 26.3. The number of pyridine rings is 1. The molecule has 4 saturated heterocycles. The molecule has 0 radical (unpaired) electrons. The normalized spacial score (nSPS) is 25.9. The largest absolute Gasteiger partial charge is 0.507 e. The van der Waals surface area contributed by atoms with Crippen LogP contribution < -0.4 is 20.9 Å². The maximum absolute atomic E-state index is 10.3. The van der Waals surface area contributed by atoms with E-state index in [9.17, 15) is 5.11 Å². The lowest BCUT2D eigenvalue weighted by Gasteiger charge is -2.43. The van der Waals surface area contributed by atoms with Crippen LogP contribution in [0.5, 0.6) is 5.75 Å². The van der Waals surface area contributed by atoms with Crippen molar-refractivity contribution in [3.05, 3.63) is 54.4 Å². The van der Waals surface area contributed by atoms with Crippen molar-refractivity contribution in [3.63, 3.8) is 0 Å². The number of para-hydroxylation sites is 1. The van der Waals surface area contributed by atoms with Crippen LogP contribution in [0.1, 0.15) is 25.0 Å². The van der Waals surface area contributed by atoms with E-state index in [1.54, 1.807) is 12.1 Å². The Morgan fingerprint density at radius 2 is 1.87 bits per heavy atom. The molecule has 39 heavy (non-hydrogen) atoms. The third-order valence-electron chi connectivity index (χ3n) is 8.90. The Hall–Kier alpha value is -3.87. The highest BCUT2D eigenvalue weighted by Crippen LogP contribution is 2.39. The lowest BCUT2D eigenvalue weighted by molar-refractivity contribution is 0.283. The van der Waals surface area contributed by atoms with Crippen molar-refractivity contribution in [2.24, 2.45) is 5.92 Å². The van der Waals surface area contributed by atoms with Gasteiger partial charge in [-0.25, -0.2) is 4.98 Å². The maximum atomic E-state index is 10.3. The molecule has 2 bridgehead atoms. The fourth-order valence-electron chi connectivity index (χ4n) is 7.00. The van der Waals surface area contributed by atoms with Gasteiger partial charge in [-0.05, 0) is 74.5 Å². The van der Waals surface area contributed by atoms with Crippen LogP contribution >= 0.6 is 0 Å². The molecule has 0 spiro atoms. The third-order valence-corrected chi connectivity index (χ3v) is 8.90. The molecule has 7 rings (SSSR count). The lowest BCUT2D eigenvalue weighted by Crippen LogP contribution is -2.54. The highest BCUT2D eigenvalue weighted by atomic mass is 16.3. The van der Waals surface area contributed by atoms with E-state index < -0.39 is 0 Å². The van der Waals surface area contributed by atoms with E-state index in [4.69, 9.17) is 5.73 Å². The van der Waals surface area contributed by atoms with E-state index >= 15 is 0 Å². The van der Waals surface area contributed by atoms with Crippen molar-refractivity contribution in [1.29, 1.82) is 0 Å². The van der Waals surface area contributed by atoms with Crippen molar-refractivity contribution in [2.75, 3.05) is 54.8 Å². The van der Waals surface area contributed by atoms with Gasteiger partial charge in [-0.15, -0.1) is 10.2 Å². The van der Waals surface area contributed by atoms with Crippen LogP contribution in [0.3, 0.4) is 0 Å². The lowest BCUT2D eigenvalue weighted by atomic mass is 10.1. The van der Waals surface area contributed by atoms with Crippen LogP contribution in [0.25, 0.3) is 11.3 Å². The molecule has 4 unspecified atom stereocenters. The van der Waals surface area contributed by atoms with Gasteiger partial charge in [0.2, 0.25) is 0 Å². The topological polar surface area (TPSA) is 107 Å². The smallest absolute Gasteiger partial charge is 0.169 e. The number of likely N-dealkylation sites (tertiary alicyclic amines) is 1. The number of anilines is 3. The number of hydrogen-bond donors (Lipinski definition) is 3. The molecule has 4 N–H and O–H groups in total. The molecule has 0 aliphatic carbocycles. The molecule has 9 nitrogen and oxygen atoms in total. The monoisotopic (exact) mass is 522 g/mol. The van der Waals surface area contributed by atoms with Gasteiger partial charge in [0.1, 0.15) is 11.4 Å². The molecule has 4 aliphatic heterocycles. The fraction of sp³-hybridized carbons (Fsp3) is 0.433. The molecule has 6 heterocycles. The number of piperazine rings is 1. The fourth-order valence-corrected chi connectivity index (χ4v) is 7.00. The minimum absolute atomic E-state index is 0.184. The summed E-state index contributed by atoms with van der Waals surface area (Å²) < 4.78 is 0. The Morgan fingerprint density at radius 3 is 2.72 bits per heavy atom. The summed E-state index contributed by atoms with van der Waals surface area (Å²) in [6.07, 6.45) is 5.42. The molecule has 9 heteroatoms. The summed E-state index contributed by atoms with van der Waals surface area (Å²) in [4.78, 5) is 12.0. The summed E-state index contributed by atoms with van der Waals surface area (Å²) in [5.74, 6) is 8.13. The number of benzene rings is 1. The number of aromatic nitrogens is 3. The van der Waals surface area contributed by atoms with Crippen LogP contribution in [0.4, 0.5) is 17.2 Å². The molecule has 0 saturated carbocycles. The summed E-state index contributed by atoms with van der Waals surface area (Å²) in [5, 5.41) is 22.3. The third kappa shape index (κ3) is 4.54. The number of nitrogen functional groups attached to an aromatic ring is 1. The Labute approximate surface area is 229 Å². The first-order valence-corrected chi connectivity index (χ1v) is 14.0. The molecular weight excluding hydrogens is 488 g/mol. The van der Waals surface area contributed by atoms with Crippen molar-refractivity contribution >= 4 is 17.2 Å². The second-order valence-corrected chi connectivity index (χ2v) is 11.2. The van der Waals surface area contributed by atoms with Crippen LogP contribution in [0, 0.1) is 17.8 Å². The van der Waals surface area contributed by atoms with E-state index in [1.807, 2.05) is 24.4 Å². The van der Waals surface area contributed by atoms with Gasteiger partial charge < -0.3 is 26.0 Å². The number of phenols is 1. The van der Waals surface area contributed by atoms with Crippen molar-refractivity contribution in [2.45, 2.75) is 37.4 Å². The van der Waals surface area contributed by atoms with Gasteiger partial charge in [-0.3, -0.25) is 4.90 Å². The SMILES string of the molecule is Nc1nnc(-c2ccccc2O)cc1N1CC2CCC(C1)N2c1ccnc(C#CCN2CCC3CNCC32)c1. The molecule has 0 amide bonds. The quantitative estimate of drug-likeness (QED) is 0.445. The van der Waals surface area contributed by atoms with Gasteiger partial charge in [-0.1, -0.05) is 18.1 Å². The molecule has 4 atom stereocenters. The van der Waals surface area contributed by atoms with Gasteiger partial charge in [0.05, 0.1) is 17.9 Å². The standard InChI is InChI=1S/C30H34N8O/c31-30-27(15-26(34-35-30)25-5-1-2-6-29(25)39)37-18-23-7-8-24(19-37)38(23)22-9-11-33-21(14-22)4-3-12-36-13-10-20-16-32-17-28(20)36/h1-2,5-6,9,11,14-15,20,23-24,28,32,39H,7-8,10,12-13,16-19H2,(H2,31,35). The van der Waals surface area contributed by atoms with Crippen molar-refractivity contribution in [1.82, 2.24) is 25.4 Å².